The Morgan fingerprint density at radius 3 is 2.25 bits per heavy atom. The Labute approximate surface area is 100 Å². The number of hydrogen-bond donors (Lipinski definition) is 1. The zero-order valence-electron chi connectivity index (χ0n) is 11.3. The number of rotatable bonds is 1. The van der Waals surface area contributed by atoms with Gasteiger partial charge in [0.2, 0.25) is 0 Å². The zero-order valence-corrected chi connectivity index (χ0v) is 11.3. The van der Waals surface area contributed by atoms with Gasteiger partial charge >= 0.3 is 0 Å². The van der Waals surface area contributed by atoms with E-state index in [2.05, 4.69) is 44.0 Å². The van der Waals surface area contributed by atoms with Crippen molar-refractivity contribution in [2.24, 2.45) is 0 Å². The second kappa shape index (κ2) is 4.06. The number of nitrogens with zero attached hydrogens (tertiary/aromatic N) is 1. The molecule has 1 N–H and O–H groups in total. The molecule has 2 heterocycles. The van der Waals surface area contributed by atoms with Crippen LogP contribution in [0.5, 0.6) is 0 Å². The van der Waals surface area contributed by atoms with Gasteiger partial charge in [-0.05, 0) is 53.0 Å². The van der Waals surface area contributed by atoms with Crippen molar-refractivity contribution < 1.29 is 0 Å². The Balaban J connectivity index is 2.16. The molecule has 0 saturated carbocycles. The summed E-state index contributed by atoms with van der Waals surface area (Å²) < 4.78 is 0. The average Bonchev–Trinajstić information content (AvgIpc) is 2.14. The molecule has 0 aromatic carbocycles. The monoisotopic (exact) mass is 222 g/mol. The molecular formula is C14H26N2. The third kappa shape index (κ3) is 2.79. The van der Waals surface area contributed by atoms with E-state index in [0.717, 1.165) is 6.42 Å². The summed E-state index contributed by atoms with van der Waals surface area (Å²) in [4.78, 5) is 2.60. The molecule has 0 aromatic rings. The lowest BCUT2D eigenvalue weighted by atomic mass is 9.85. The summed E-state index contributed by atoms with van der Waals surface area (Å²) in [5, 5.41) is 3.70. The highest BCUT2D eigenvalue weighted by Gasteiger charge is 2.33. The van der Waals surface area contributed by atoms with Crippen LogP contribution in [0.15, 0.2) is 11.8 Å². The fourth-order valence-electron chi connectivity index (χ4n) is 3.26. The van der Waals surface area contributed by atoms with Crippen LogP contribution in [0, 0.1) is 0 Å². The quantitative estimate of drug-likeness (QED) is 0.734. The van der Waals surface area contributed by atoms with E-state index in [9.17, 15) is 0 Å². The van der Waals surface area contributed by atoms with Gasteiger partial charge in [0.25, 0.3) is 0 Å². The van der Waals surface area contributed by atoms with Crippen molar-refractivity contribution in [3.8, 4) is 0 Å². The Morgan fingerprint density at radius 2 is 1.69 bits per heavy atom. The average molecular weight is 222 g/mol. The number of piperidine rings is 1. The maximum atomic E-state index is 3.70. The van der Waals surface area contributed by atoms with Gasteiger partial charge in [-0.2, -0.15) is 0 Å². The predicted octanol–water partition coefficient (Wildman–Crippen LogP) is 2.91. The van der Waals surface area contributed by atoms with Crippen LogP contribution in [-0.2, 0) is 0 Å². The van der Waals surface area contributed by atoms with Crippen LogP contribution >= 0.6 is 0 Å². The molecule has 2 aliphatic heterocycles. The minimum absolute atomic E-state index is 0.133. The predicted molar refractivity (Wildman–Crippen MR) is 69.4 cm³/mol. The first-order valence-corrected chi connectivity index (χ1v) is 6.64. The van der Waals surface area contributed by atoms with Crippen LogP contribution < -0.4 is 5.32 Å². The van der Waals surface area contributed by atoms with Gasteiger partial charge in [0.15, 0.2) is 0 Å². The molecular weight excluding hydrogens is 196 g/mol. The van der Waals surface area contributed by atoms with E-state index in [1.54, 1.807) is 5.70 Å². The maximum Gasteiger partial charge on any atom is 0.0331 e. The van der Waals surface area contributed by atoms with E-state index < -0.39 is 0 Å². The molecule has 0 radical (unpaired) electrons. The van der Waals surface area contributed by atoms with E-state index in [1.807, 2.05) is 0 Å². The van der Waals surface area contributed by atoms with Crippen LogP contribution in [0.1, 0.15) is 53.4 Å². The minimum atomic E-state index is 0.133. The fourth-order valence-corrected chi connectivity index (χ4v) is 3.26. The molecule has 0 aromatic heterocycles. The molecule has 1 saturated heterocycles. The van der Waals surface area contributed by atoms with E-state index in [4.69, 9.17) is 0 Å². The van der Waals surface area contributed by atoms with Crippen molar-refractivity contribution in [1.29, 1.82) is 0 Å². The molecule has 0 atom stereocenters. The van der Waals surface area contributed by atoms with E-state index in [0.29, 0.717) is 0 Å². The summed E-state index contributed by atoms with van der Waals surface area (Å²) in [5.41, 5.74) is 1.92. The molecule has 2 aliphatic rings. The Hall–Kier alpha value is -0.500. The van der Waals surface area contributed by atoms with Crippen LogP contribution in [0.25, 0.3) is 0 Å². The number of nitrogens with one attached hydrogen (secondary N) is 1. The molecule has 0 amide bonds. The highest BCUT2D eigenvalue weighted by molar-refractivity contribution is 5.20. The zero-order chi connectivity index (χ0) is 11.8. The molecule has 0 unspecified atom stereocenters. The molecule has 2 heteroatoms. The van der Waals surface area contributed by atoms with Crippen molar-refractivity contribution in [3.05, 3.63) is 11.8 Å². The van der Waals surface area contributed by atoms with Gasteiger partial charge in [0, 0.05) is 36.3 Å². The second-order valence-electron chi connectivity index (χ2n) is 6.59. The van der Waals surface area contributed by atoms with E-state index in [-0.39, 0.29) is 11.1 Å². The second-order valence-corrected chi connectivity index (χ2v) is 6.59. The molecule has 0 aliphatic carbocycles. The van der Waals surface area contributed by atoms with Crippen LogP contribution in [-0.4, -0.2) is 29.1 Å². The molecule has 16 heavy (non-hydrogen) atoms. The number of likely N-dealkylation sites (tertiary alicyclic amines) is 1. The van der Waals surface area contributed by atoms with Crippen molar-refractivity contribution in [1.82, 2.24) is 10.2 Å². The summed E-state index contributed by atoms with van der Waals surface area (Å²) in [7, 11) is 0. The van der Waals surface area contributed by atoms with Crippen LogP contribution in [0.3, 0.4) is 0 Å². The smallest absolute Gasteiger partial charge is 0.0331 e. The topological polar surface area (TPSA) is 15.3 Å². The first-order chi connectivity index (χ1) is 7.38. The largest absolute Gasteiger partial charge is 0.375 e. The summed E-state index contributed by atoms with van der Waals surface area (Å²) in [5.74, 6) is 0. The third-order valence-corrected chi connectivity index (χ3v) is 3.57. The first-order valence-electron chi connectivity index (χ1n) is 6.64. The number of hydrogen-bond acceptors (Lipinski definition) is 2. The molecule has 0 spiro atoms. The lowest BCUT2D eigenvalue weighted by Crippen LogP contribution is -2.55. The summed E-state index contributed by atoms with van der Waals surface area (Å²) in [6.45, 7) is 11.7. The van der Waals surface area contributed by atoms with E-state index >= 15 is 0 Å². The Morgan fingerprint density at radius 1 is 1.06 bits per heavy atom. The summed E-state index contributed by atoms with van der Waals surface area (Å²) in [6.07, 6.45) is 7.74. The van der Waals surface area contributed by atoms with Gasteiger partial charge in [-0.25, -0.2) is 0 Å². The fraction of sp³-hybridized carbons (Fsp3) is 0.857. The molecule has 2 rings (SSSR count). The highest BCUT2D eigenvalue weighted by atomic mass is 15.2. The van der Waals surface area contributed by atoms with Gasteiger partial charge in [0.05, 0.1) is 0 Å². The summed E-state index contributed by atoms with van der Waals surface area (Å²) >= 11 is 0. The molecule has 0 bridgehead atoms. The Kier molecular flexibility index (Phi) is 3.04. The molecule has 92 valence electrons. The van der Waals surface area contributed by atoms with Crippen molar-refractivity contribution in [2.45, 2.75) is 64.5 Å². The summed E-state index contributed by atoms with van der Waals surface area (Å²) in [6, 6.07) is 0. The minimum Gasteiger partial charge on any atom is -0.375 e. The lowest BCUT2D eigenvalue weighted by molar-refractivity contribution is 0.211. The normalized spacial score (nSPS) is 28.8. The van der Waals surface area contributed by atoms with Crippen molar-refractivity contribution >= 4 is 0 Å². The van der Waals surface area contributed by atoms with Gasteiger partial charge in [-0.15, -0.1) is 0 Å². The van der Waals surface area contributed by atoms with Crippen molar-refractivity contribution in [3.63, 3.8) is 0 Å². The maximum absolute atomic E-state index is 3.70. The van der Waals surface area contributed by atoms with Gasteiger partial charge in [0.1, 0.15) is 0 Å². The Bertz CT molecular complexity index is 283. The first kappa shape index (κ1) is 12.0. The van der Waals surface area contributed by atoms with Gasteiger partial charge in [-0.1, -0.05) is 0 Å². The highest BCUT2D eigenvalue weighted by Crippen LogP contribution is 2.30. The third-order valence-electron chi connectivity index (χ3n) is 3.57. The van der Waals surface area contributed by atoms with Gasteiger partial charge < -0.3 is 10.2 Å². The standard InChI is InChI=1S/C14H26N2/c1-13(2)10-12(11-14(3,4)15-13)16-8-6-5-7-9-16/h10,15H,5-9,11H2,1-4H3. The molecule has 2 nitrogen and oxygen atoms in total. The van der Waals surface area contributed by atoms with Crippen LogP contribution in [0.4, 0.5) is 0 Å². The van der Waals surface area contributed by atoms with E-state index in [1.165, 1.54) is 32.4 Å². The van der Waals surface area contributed by atoms with Crippen molar-refractivity contribution in [2.75, 3.05) is 13.1 Å². The van der Waals surface area contributed by atoms with Gasteiger partial charge in [-0.3, -0.25) is 0 Å². The molecule has 1 fully saturated rings. The SMILES string of the molecule is CC1(C)C=C(N2CCCCC2)CC(C)(C)N1. The van der Waals surface area contributed by atoms with Crippen LogP contribution in [0.2, 0.25) is 0 Å². The lowest BCUT2D eigenvalue weighted by Gasteiger charge is -2.45.